The van der Waals surface area contributed by atoms with Crippen LogP contribution in [-0.2, 0) is 14.8 Å². The van der Waals surface area contributed by atoms with Gasteiger partial charge in [-0.1, -0.05) is 41.4 Å². The van der Waals surface area contributed by atoms with E-state index in [1.54, 1.807) is 24.3 Å². The molecule has 0 aromatic heterocycles. The van der Waals surface area contributed by atoms with Crippen LogP contribution in [0.15, 0.2) is 53.4 Å². The van der Waals surface area contributed by atoms with Gasteiger partial charge in [-0.3, -0.25) is 9.69 Å². The maximum atomic E-state index is 12.9. The molecule has 1 amide bonds. The Bertz CT molecular complexity index is 962. The third kappa shape index (κ3) is 5.82. The number of sulfonamides is 1. The first-order chi connectivity index (χ1) is 14.3. The van der Waals surface area contributed by atoms with E-state index in [1.807, 2.05) is 43.0 Å². The lowest BCUT2D eigenvalue weighted by molar-refractivity contribution is -0.122. The average molecular weight is 450 g/mol. The Balaban J connectivity index is 1.55. The third-order valence-corrected chi connectivity index (χ3v) is 7.49. The fraction of sp³-hybridized carbons (Fsp3) is 0.409. The van der Waals surface area contributed by atoms with Crippen molar-refractivity contribution in [3.8, 4) is 0 Å². The van der Waals surface area contributed by atoms with Crippen molar-refractivity contribution in [2.24, 2.45) is 0 Å². The summed E-state index contributed by atoms with van der Waals surface area (Å²) in [4.78, 5) is 14.8. The molecule has 0 saturated carbocycles. The molecule has 1 fully saturated rings. The molecule has 162 valence electrons. The van der Waals surface area contributed by atoms with Gasteiger partial charge < -0.3 is 5.32 Å². The largest absolute Gasteiger partial charge is 0.348 e. The molecule has 1 atom stereocenters. The number of carbonyl (C=O) groups excluding carboxylic acids is 1. The van der Waals surface area contributed by atoms with Gasteiger partial charge in [0.2, 0.25) is 15.9 Å². The molecule has 8 heteroatoms. The van der Waals surface area contributed by atoms with Crippen molar-refractivity contribution < 1.29 is 13.2 Å². The van der Waals surface area contributed by atoms with E-state index in [4.69, 9.17) is 11.6 Å². The van der Waals surface area contributed by atoms with E-state index in [0.29, 0.717) is 42.5 Å². The monoisotopic (exact) mass is 449 g/mol. The van der Waals surface area contributed by atoms with E-state index in [2.05, 4.69) is 5.32 Å². The van der Waals surface area contributed by atoms with Crippen LogP contribution in [-0.4, -0.2) is 56.3 Å². The van der Waals surface area contributed by atoms with E-state index in [9.17, 15) is 13.2 Å². The first-order valence-corrected chi connectivity index (χ1v) is 11.9. The highest BCUT2D eigenvalue weighted by Crippen LogP contribution is 2.19. The molecule has 1 heterocycles. The molecule has 30 heavy (non-hydrogen) atoms. The average Bonchev–Trinajstić information content (AvgIpc) is 2.94. The van der Waals surface area contributed by atoms with Crippen molar-refractivity contribution in [1.29, 1.82) is 0 Å². The van der Waals surface area contributed by atoms with Gasteiger partial charge >= 0.3 is 0 Å². The minimum absolute atomic E-state index is 0.0766. The Labute approximate surface area is 183 Å². The molecule has 0 aliphatic carbocycles. The summed E-state index contributed by atoms with van der Waals surface area (Å²) in [7, 11) is -3.52. The number of aryl methyl sites for hydroxylation is 1. The fourth-order valence-corrected chi connectivity index (χ4v) is 5.13. The van der Waals surface area contributed by atoms with E-state index >= 15 is 0 Å². The highest BCUT2D eigenvalue weighted by atomic mass is 35.5. The first-order valence-electron chi connectivity index (χ1n) is 10.1. The lowest BCUT2D eigenvalue weighted by atomic mass is 10.1. The fourth-order valence-electron chi connectivity index (χ4n) is 3.53. The molecular weight excluding hydrogens is 422 g/mol. The summed E-state index contributed by atoms with van der Waals surface area (Å²) in [5, 5.41) is 3.66. The molecule has 1 N–H and O–H groups in total. The van der Waals surface area contributed by atoms with Gasteiger partial charge in [-0.2, -0.15) is 4.31 Å². The van der Waals surface area contributed by atoms with Crippen LogP contribution in [0, 0.1) is 6.92 Å². The Morgan fingerprint density at radius 3 is 2.37 bits per heavy atom. The van der Waals surface area contributed by atoms with Gasteiger partial charge in [-0.25, -0.2) is 8.42 Å². The van der Waals surface area contributed by atoms with Crippen molar-refractivity contribution in [3.05, 3.63) is 64.7 Å². The predicted molar refractivity (Wildman–Crippen MR) is 119 cm³/mol. The zero-order chi connectivity index (χ0) is 21.7. The SMILES string of the molecule is Cc1ccc(S(=O)(=O)N2CCCN(CC(=O)NC(C)c3ccc(Cl)cc3)CC2)cc1. The predicted octanol–water partition coefficient (Wildman–Crippen LogP) is 3.22. The van der Waals surface area contributed by atoms with Crippen LogP contribution in [0.5, 0.6) is 0 Å². The maximum absolute atomic E-state index is 12.9. The molecule has 1 aliphatic heterocycles. The number of amides is 1. The minimum atomic E-state index is -3.52. The standard InChI is InChI=1S/C22H28ClN3O3S/c1-17-4-10-21(11-5-17)30(28,29)26-13-3-12-25(14-15-26)16-22(27)24-18(2)19-6-8-20(23)9-7-19/h4-11,18H,3,12-16H2,1-2H3,(H,24,27). The summed E-state index contributed by atoms with van der Waals surface area (Å²) in [6, 6.07) is 14.2. The van der Waals surface area contributed by atoms with Gasteiger partial charge in [0, 0.05) is 24.7 Å². The van der Waals surface area contributed by atoms with Gasteiger partial charge in [0.25, 0.3) is 0 Å². The van der Waals surface area contributed by atoms with Gasteiger partial charge in [0.15, 0.2) is 0 Å². The van der Waals surface area contributed by atoms with Crippen LogP contribution in [0.1, 0.15) is 30.5 Å². The van der Waals surface area contributed by atoms with E-state index in [1.165, 1.54) is 4.31 Å². The summed E-state index contributed by atoms with van der Waals surface area (Å²) in [6.07, 6.45) is 0.686. The lowest BCUT2D eigenvalue weighted by Gasteiger charge is -2.22. The molecule has 0 radical (unpaired) electrons. The second-order valence-corrected chi connectivity index (χ2v) is 10.1. The molecule has 1 unspecified atom stereocenters. The topological polar surface area (TPSA) is 69.7 Å². The number of nitrogens with zero attached hydrogens (tertiary/aromatic N) is 2. The summed E-state index contributed by atoms with van der Waals surface area (Å²) in [6.45, 7) is 6.14. The lowest BCUT2D eigenvalue weighted by Crippen LogP contribution is -2.40. The zero-order valence-corrected chi connectivity index (χ0v) is 18.9. The second-order valence-electron chi connectivity index (χ2n) is 7.69. The van der Waals surface area contributed by atoms with E-state index in [-0.39, 0.29) is 18.5 Å². The van der Waals surface area contributed by atoms with E-state index in [0.717, 1.165) is 11.1 Å². The smallest absolute Gasteiger partial charge is 0.243 e. The molecule has 6 nitrogen and oxygen atoms in total. The van der Waals surface area contributed by atoms with Crippen molar-refractivity contribution in [1.82, 2.24) is 14.5 Å². The molecule has 0 bridgehead atoms. The summed E-state index contributed by atoms with van der Waals surface area (Å²) >= 11 is 5.92. The van der Waals surface area contributed by atoms with Crippen molar-refractivity contribution in [2.75, 3.05) is 32.7 Å². The molecular formula is C22H28ClN3O3S. The minimum Gasteiger partial charge on any atom is -0.348 e. The van der Waals surface area contributed by atoms with Crippen LogP contribution < -0.4 is 5.32 Å². The first kappa shape index (κ1) is 22.7. The highest BCUT2D eigenvalue weighted by Gasteiger charge is 2.27. The molecule has 1 saturated heterocycles. The van der Waals surface area contributed by atoms with Crippen LogP contribution in [0.25, 0.3) is 0 Å². The maximum Gasteiger partial charge on any atom is 0.243 e. The summed E-state index contributed by atoms with van der Waals surface area (Å²) in [5.74, 6) is -0.0766. The van der Waals surface area contributed by atoms with Gasteiger partial charge in [-0.05, 0) is 56.6 Å². The number of benzene rings is 2. The Morgan fingerprint density at radius 1 is 1.03 bits per heavy atom. The number of nitrogens with one attached hydrogen (secondary N) is 1. The number of rotatable bonds is 6. The number of halogens is 1. The van der Waals surface area contributed by atoms with Crippen molar-refractivity contribution in [3.63, 3.8) is 0 Å². The van der Waals surface area contributed by atoms with Gasteiger partial charge in [0.05, 0.1) is 17.5 Å². The summed E-state index contributed by atoms with van der Waals surface area (Å²) < 4.78 is 27.4. The van der Waals surface area contributed by atoms with Crippen LogP contribution >= 0.6 is 11.6 Å². The number of hydrogen-bond donors (Lipinski definition) is 1. The van der Waals surface area contributed by atoms with Crippen LogP contribution in [0.2, 0.25) is 5.02 Å². The molecule has 3 rings (SSSR count). The van der Waals surface area contributed by atoms with Crippen molar-refractivity contribution in [2.45, 2.75) is 31.2 Å². The quantitative estimate of drug-likeness (QED) is 0.735. The number of hydrogen-bond acceptors (Lipinski definition) is 4. The molecule has 2 aromatic rings. The Kier molecular flexibility index (Phi) is 7.52. The Hall–Kier alpha value is -1.93. The van der Waals surface area contributed by atoms with Crippen LogP contribution in [0.4, 0.5) is 0 Å². The highest BCUT2D eigenvalue weighted by molar-refractivity contribution is 7.89. The van der Waals surface area contributed by atoms with Gasteiger partial charge in [-0.15, -0.1) is 0 Å². The van der Waals surface area contributed by atoms with E-state index < -0.39 is 10.0 Å². The zero-order valence-electron chi connectivity index (χ0n) is 17.3. The van der Waals surface area contributed by atoms with Gasteiger partial charge in [0.1, 0.15) is 0 Å². The number of carbonyl (C=O) groups is 1. The normalized spacial score (nSPS) is 17.3. The van der Waals surface area contributed by atoms with Crippen LogP contribution in [0.3, 0.4) is 0 Å². The Morgan fingerprint density at radius 2 is 1.70 bits per heavy atom. The third-order valence-electron chi connectivity index (χ3n) is 5.32. The molecule has 1 aliphatic rings. The molecule has 0 spiro atoms. The van der Waals surface area contributed by atoms with Crippen molar-refractivity contribution >= 4 is 27.5 Å². The second kappa shape index (κ2) is 9.92. The molecule has 2 aromatic carbocycles. The summed E-state index contributed by atoms with van der Waals surface area (Å²) in [5.41, 5.74) is 2.01.